The molecule has 0 aliphatic carbocycles. The first kappa shape index (κ1) is 20.1. The lowest BCUT2D eigenvalue weighted by Gasteiger charge is -2.15. The van der Waals surface area contributed by atoms with Crippen LogP contribution in [0.4, 0.5) is 0 Å². The van der Waals surface area contributed by atoms with Gasteiger partial charge in [0, 0.05) is 32.0 Å². The van der Waals surface area contributed by atoms with Gasteiger partial charge in [0.25, 0.3) is 5.56 Å². The molecule has 0 bridgehead atoms. The minimum atomic E-state index is -0.594. The van der Waals surface area contributed by atoms with Crippen LogP contribution in [0, 0.1) is 0 Å². The van der Waals surface area contributed by atoms with Gasteiger partial charge in [-0.2, -0.15) is 0 Å². The van der Waals surface area contributed by atoms with Crippen molar-refractivity contribution in [2.45, 2.75) is 45.8 Å². The monoisotopic (exact) mass is 390 g/mol. The van der Waals surface area contributed by atoms with Gasteiger partial charge in [0.05, 0.1) is 12.7 Å². The molecule has 0 spiro atoms. The van der Waals surface area contributed by atoms with E-state index in [2.05, 4.69) is 10.3 Å². The molecule has 2 aromatic heterocycles. The molecule has 0 aromatic carbocycles. The molecule has 3 rings (SSSR count). The van der Waals surface area contributed by atoms with Crippen LogP contribution < -0.4 is 21.3 Å². The van der Waals surface area contributed by atoms with Crippen molar-refractivity contribution in [1.29, 1.82) is 0 Å². The first-order valence-electron chi connectivity index (χ1n) is 9.60. The van der Waals surface area contributed by atoms with E-state index in [1.165, 1.54) is 11.6 Å². The lowest BCUT2D eigenvalue weighted by atomic mass is 10.1. The predicted octanol–water partition coefficient (Wildman–Crippen LogP) is 0.352. The zero-order valence-electron chi connectivity index (χ0n) is 16.5. The van der Waals surface area contributed by atoms with E-state index < -0.39 is 17.2 Å². The van der Waals surface area contributed by atoms with Gasteiger partial charge in [-0.05, 0) is 26.2 Å². The van der Waals surface area contributed by atoms with Crippen LogP contribution in [0.25, 0.3) is 11.0 Å². The Morgan fingerprint density at radius 3 is 2.82 bits per heavy atom. The molecular formula is C19H26N4O5. The molecule has 1 aliphatic heterocycles. The normalized spacial score (nSPS) is 16.5. The summed E-state index contributed by atoms with van der Waals surface area (Å²) in [5.74, 6) is 0.00993. The molecule has 1 aliphatic rings. The molecule has 0 radical (unpaired) electrons. The number of aryl methyl sites for hydroxylation is 2. The van der Waals surface area contributed by atoms with Gasteiger partial charge in [0.1, 0.15) is 17.7 Å². The SMILES string of the molecule is CCOc1c(CC)cnc2c1c(=O)n(CC(=O)NC[C@@H]1CCCO1)c(=O)n2C. The largest absolute Gasteiger partial charge is 0.493 e. The Morgan fingerprint density at radius 1 is 1.39 bits per heavy atom. The Bertz CT molecular complexity index is 988. The third kappa shape index (κ3) is 3.80. The van der Waals surface area contributed by atoms with Gasteiger partial charge in [-0.3, -0.25) is 14.2 Å². The quantitative estimate of drug-likeness (QED) is 0.732. The number of ether oxygens (including phenoxy) is 2. The van der Waals surface area contributed by atoms with Crippen molar-refractivity contribution in [1.82, 2.24) is 19.4 Å². The van der Waals surface area contributed by atoms with Crippen LogP contribution in [0.1, 0.15) is 32.3 Å². The molecular weight excluding hydrogens is 364 g/mol. The molecule has 1 saturated heterocycles. The summed E-state index contributed by atoms with van der Waals surface area (Å²) in [5.41, 5.74) is -0.147. The number of aromatic nitrogens is 3. The topological polar surface area (TPSA) is 104 Å². The van der Waals surface area contributed by atoms with Crippen LogP contribution in [0.2, 0.25) is 0 Å². The smallest absolute Gasteiger partial charge is 0.332 e. The number of amides is 1. The minimum absolute atomic E-state index is 0.0130. The van der Waals surface area contributed by atoms with E-state index in [1.807, 2.05) is 13.8 Å². The Kier molecular flexibility index (Phi) is 6.13. The fourth-order valence-corrected chi connectivity index (χ4v) is 3.40. The number of nitrogens with zero attached hydrogens (tertiary/aromatic N) is 3. The van der Waals surface area contributed by atoms with E-state index in [4.69, 9.17) is 9.47 Å². The van der Waals surface area contributed by atoms with Crippen molar-refractivity contribution in [3.63, 3.8) is 0 Å². The molecule has 152 valence electrons. The second kappa shape index (κ2) is 8.55. The van der Waals surface area contributed by atoms with Crippen LogP contribution in [0.15, 0.2) is 15.8 Å². The Labute approximate surface area is 162 Å². The average molecular weight is 390 g/mol. The van der Waals surface area contributed by atoms with Gasteiger partial charge in [-0.15, -0.1) is 0 Å². The van der Waals surface area contributed by atoms with Crippen LogP contribution in [-0.4, -0.2) is 45.9 Å². The Hall–Kier alpha value is -2.68. The third-order valence-corrected chi connectivity index (χ3v) is 4.90. The predicted molar refractivity (Wildman–Crippen MR) is 104 cm³/mol. The lowest BCUT2D eigenvalue weighted by Crippen LogP contribution is -2.44. The highest BCUT2D eigenvalue weighted by atomic mass is 16.5. The van der Waals surface area contributed by atoms with E-state index in [0.29, 0.717) is 31.9 Å². The fraction of sp³-hybridized carbons (Fsp3) is 0.579. The van der Waals surface area contributed by atoms with Gasteiger partial charge in [-0.25, -0.2) is 14.3 Å². The standard InChI is InChI=1S/C19H26N4O5/c1-4-12-9-21-17-15(16(12)27-5-2)18(25)23(19(26)22(17)3)11-14(24)20-10-13-7-6-8-28-13/h9,13H,4-8,10-11H2,1-3H3,(H,20,24)/t13-/m0/s1. The van der Waals surface area contributed by atoms with Crippen LogP contribution >= 0.6 is 0 Å². The zero-order chi connectivity index (χ0) is 20.3. The van der Waals surface area contributed by atoms with Crippen molar-refractivity contribution in [3.05, 3.63) is 32.6 Å². The van der Waals surface area contributed by atoms with Crippen LogP contribution in [-0.2, 0) is 29.5 Å². The minimum Gasteiger partial charge on any atom is -0.493 e. The van der Waals surface area contributed by atoms with E-state index in [9.17, 15) is 14.4 Å². The van der Waals surface area contributed by atoms with E-state index in [0.717, 1.165) is 23.0 Å². The summed E-state index contributed by atoms with van der Waals surface area (Å²) in [6, 6.07) is 0. The van der Waals surface area contributed by atoms with E-state index >= 15 is 0 Å². The Morgan fingerprint density at radius 2 is 2.18 bits per heavy atom. The average Bonchev–Trinajstić information content (AvgIpc) is 3.21. The highest BCUT2D eigenvalue weighted by molar-refractivity contribution is 5.83. The highest BCUT2D eigenvalue weighted by Crippen LogP contribution is 2.25. The van der Waals surface area contributed by atoms with Gasteiger partial charge in [-0.1, -0.05) is 6.92 Å². The number of fused-ring (bicyclic) bond motifs is 1. The van der Waals surface area contributed by atoms with Gasteiger partial charge >= 0.3 is 5.69 Å². The van der Waals surface area contributed by atoms with Crippen LogP contribution in [0.5, 0.6) is 5.75 Å². The summed E-state index contributed by atoms with van der Waals surface area (Å²) in [6.07, 6.45) is 4.09. The Balaban J connectivity index is 1.99. The first-order chi connectivity index (χ1) is 13.5. The van der Waals surface area contributed by atoms with E-state index in [1.54, 1.807) is 6.20 Å². The lowest BCUT2D eigenvalue weighted by molar-refractivity contribution is -0.122. The van der Waals surface area contributed by atoms with Crippen molar-refractivity contribution in [3.8, 4) is 5.75 Å². The van der Waals surface area contributed by atoms with E-state index in [-0.39, 0.29) is 23.7 Å². The molecule has 1 amide bonds. The summed E-state index contributed by atoms with van der Waals surface area (Å²) in [5, 5.41) is 2.96. The molecule has 2 aromatic rings. The summed E-state index contributed by atoms with van der Waals surface area (Å²) in [6.45, 7) is 4.83. The maximum atomic E-state index is 13.1. The molecule has 9 heteroatoms. The number of hydrogen-bond donors (Lipinski definition) is 1. The first-order valence-corrected chi connectivity index (χ1v) is 9.60. The molecule has 28 heavy (non-hydrogen) atoms. The second-order valence-corrected chi connectivity index (χ2v) is 6.77. The number of hydrogen-bond acceptors (Lipinski definition) is 6. The molecule has 0 unspecified atom stereocenters. The molecule has 1 atom stereocenters. The maximum absolute atomic E-state index is 13.1. The number of nitrogens with one attached hydrogen (secondary N) is 1. The van der Waals surface area contributed by atoms with Gasteiger partial charge in [0.2, 0.25) is 5.91 Å². The van der Waals surface area contributed by atoms with Crippen molar-refractivity contribution in [2.75, 3.05) is 19.8 Å². The fourth-order valence-electron chi connectivity index (χ4n) is 3.40. The van der Waals surface area contributed by atoms with Gasteiger partial charge in [0.15, 0.2) is 5.65 Å². The van der Waals surface area contributed by atoms with Crippen LogP contribution in [0.3, 0.4) is 0 Å². The summed E-state index contributed by atoms with van der Waals surface area (Å²) in [7, 11) is 1.53. The summed E-state index contributed by atoms with van der Waals surface area (Å²) >= 11 is 0. The van der Waals surface area contributed by atoms with Gasteiger partial charge < -0.3 is 14.8 Å². The maximum Gasteiger partial charge on any atom is 0.332 e. The van der Waals surface area contributed by atoms with Crippen molar-refractivity contribution >= 4 is 16.9 Å². The zero-order valence-corrected chi connectivity index (χ0v) is 16.5. The number of carbonyl (C=O) groups is 1. The molecule has 1 fully saturated rings. The van der Waals surface area contributed by atoms with Crippen molar-refractivity contribution < 1.29 is 14.3 Å². The second-order valence-electron chi connectivity index (χ2n) is 6.77. The number of pyridine rings is 1. The molecule has 3 heterocycles. The molecule has 9 nitrogen and oxygen atoms in total. The highest BCUT2D eigenvalue weighted by Gasteiger charge is 2.21. The molecule has 1 N–H and O–H groups in total. The number of rotatable bonds is 7. The molecule has 0 saturated carbocycles. The van der Waals surface area contributed by atoms with Crippen molar-refractivity contribution in [2.24, 2.45) is 7.05 Å². The summed E-state index contributed by atoms with van der Waals surface area (Å²) < 4.78 is 13.4. The third-order valence-electron chi connectivity index (χ3n) is 4.90. The summed E-state index contributed by atoms with van der Waals surface area (Å²) in [4.78, 5) is 42.4. The number of carbonyl (C=O) groups excluding carboxylic acids is 1.